The van der Waals surface area contributed by atoms with Crippen LogP contribution in [0.15, 0.2) is 14.4 Å². The van der Waals surface area contributed by atoms with Gasteiger partial charge in [0.1, 0.15) is 4.83 Å². The van der Waals surface area contributed by atoms with Crippen LogP contribution in [0.3, 0.4) is 0 Å². The lowest BCUT2D eigenvalue weighted by atomic mass is 10.1. The zero-order valence-electron chi connectivity index (χ0n) is 16.5. The van der Waals surface area contributed by atoms with E-state index in [-0.39, 0.29) is 16.9 Å². The molecule has 1 aliphatic heterocycles. The minimum absolute atomic E-state index is 0.0260. The SMILES string of the molecule is CCc1c(C)sc2nc(SC(C)c3nnc(C)o3)n(CC3CCCO3)c(=O)c12. The highest BCUT2D eigenvalue weighted by molar-refractivity contribution is 7.99. The normalized spacial score (nSPS) is 18.2. The molecule has 0 saturated carbocycles. The van der Waals surface area contributed by atoms with Crippen molar-refractivity contribution < 1.29 is 9.15 Å². The Labute approximate surface area is 171 Å². The highest BCUT2D eigenvalue weighted by Crippen LogP contribution is 2.35. The third-order valence-electron chi connectivity index (χ3n) is 5.01. The molecule has 28 heavy (non-hydrogen) atoms. The molecular formula is C19H24N4O3S2. The van der Waals surface area contributed by atoms with Gasteiger partial charge in [-0.05, 0) is 38.7 Å². The van der Waals surface area contributed by atoms with Crippen LogP contribution in [0.4, 0.5) is 0 Å². The summed E-state index contributed by atoms with van der Waals surface area (Å²) in [7, 11) is 0. The van der Waals surface area contributed by atoms with E-state index in [4.69, 9.17) is 14.1 Å². The van der Waals surface area contributed by atoms with Crippen molar-refractivity contribution in [1.82, 2.24) is 19.7 Å². The number of rotatable bonds is 6. The first-order chi connectivity index (χ1) is 13.5. The number of ether oxygens (including phenoxy) is 1. The maximum absolute atomic E-state index is 13.5. The molecule has 9 heteroatoms. The lowest BCUT2D eigenvalue weighted by Crippen LogP contribution is -2.29. The summed E-state index contributed by atoms with van der Waals surface area (Å²) < 4.78 is 13.2. The number of thiophene rings is 1. The largest absolute Gasteiger partial charge is 0.424 e. The van der Waals surface area contributed by atoms with Crippen LogP contribution in [0.5, 0.6) is 0 Å². The van der Waals surface area contributed by atoms with E-state index in [1.807, 2.05) is 6.92 Å². The maximum Gasteiger partial charge on any atom is 0.263 e. The van der Waals surface area contributed by atoms with Crippen LogP contribution in [0.2, 0.25) is 0 Å². The van der Waals surface area contributed by atoms with Gasteiger partial charge in [-0.1, -0.05) is 18.7 Å². The molecule has 0 bridgehead atoms. The average Bonchev–Trinajstić information content (AvgIpc) is 3.38. The van der Waals surface area contributed by atoms with Crippen molar-refractivity contribution in [3.63, 3.8) is 0 Å². The van der Waals surface area contributed by atoms with Crippen molar-refractivity contribution in [2.75, 3.05) is 6.61 Å². The Morgan fingerprint density at radius 3 is 2.82 bits per heavy atom. The minimum atomic E-state index is -0.104. The molecule has 0 radical (unpaired) electrons. The highest BCUT2D eigenvalue weighted by atomic mass is 32.2. The Balaban J connectivity index is 1.79. The second-order valence-corrected chi connectivity index (χ2v) is 9.55. The summed E-state index contributed by atoms with van der Waals surface area (Å²) in [4.78, 5) is 20.3. The zero-order chi connectivity index (χ0) is 19.8. The Kier molecular flexibility index (Phi) is 5.57. The van der Waals surface area contributed by atoms with Crippen molar-refractivity contribution in [1.29, 1.82) is 0 Å². The van der Waals surface area contributed by atoms with Gasteiger partial charge in [0.05, 0.1) is 23.3 Å². The van der Waals surface area contributed by atoms with Crippen molar-refractivity contribution in [2.24, 2.45) is 0 Å². The van der Waals surface area contributed by atoms with Gasteiger partial charge in [0.15, 0.2) is 5.16 Å². The van der Waals surface area contributed by atoms with Gasteiger partial charge < -0.3 is 9.15 Å². The predicted molar refractivity (Wildman–Crippen MR) is 110 cm³/mol. The Morgan fingerprint density at radius 1 is 1.36 bits per heavy atom. The van der Waals surface area contributed by atoms with Crippen molar-refractivity contribution in [3.8, 4) is 0 Å². The number of aryl methyl sites for hydroxylation is 3. The maximum atomic E-state index is 13.5. The lowest BCUT2D eigenvalue weighted by molar-refractivity contribution is 0.0937. The number of hydrogen-bond donors (Lipinski definition) is 0. The summed E-state index contributed by atoms with van der Waals surface area (Å²) in [5.41, 5.74) is 1.13. The molecule has 0 spiro atoms. The van der Waals surface area contributed by atoms with Gasteiger partial charge in [-0.2, -0.15) is 0 Å². The average molecular weight is 421 g/mol. The molecule has 4 heterocycles. The quantitative estimate of drug-likeness (QED) is 0.439. The van der Waals surface area contributed by atoms with E-state index < -0.39 is 0 Å². The summed E-state index contributed by atoms with van der Waals surface area (Å²) in [6.07, 6.45) is 2.89. The topological polar surface area (TPSA) is 83.0 Å². The van der Waals surface area contributed by atoms with E-state index in [2.05, 4.69) is 24.0 Å². The number of nitrogens with zero attached hydrogens (tertiary/aromatic N) is 4. The van der Waals surface area contributed by atoms with Crippen molar-refractivity contribution in [2.45, 2.75) is 70.0 Å². The van der Waals surface area contributed by atoms with Gasteiger partial charge in [0, 0.05) is 18.4 Å². The molecule has 2 atom stereocenters. The summed E-state index contributed by atoms with van der Waals surface area (Å²) in [6, 6.07) is 0. The fourth-order valence-corrected chi connectivity index (χ4v) is 5.69. The summed E-state index contributed by atoms with van der Waals surface area (Å²) >= 11 is 3.07. The molecule has 1 aliphatic rings. The highest BCUT2D eigenvalue weighted by Gasteiger charge is 2.25. The molecule has 1 saturated heterocycles. The van der Waals surface area contributed by atoms with Gasteiger partial charge in [0.2, 0.25) is 11.8 Å². The van der Waals surface area contributed by atoms with Crippen LogP contribution in [-0.2, 0) is 17.7 Å². The first-order valence-electron chi connectivity index (χ1n) is 9.59. The molecule has 0 aliphatic carbocycles. The summed E-state index contributed by atoms with van der Waals surface area (Å²) in [5, 5.41) is 9.36. The second-order valence-electron chi connectivity index (χ2n) is 7.04. The van der Waals surface area contributed by atoms with E-state index in [1.165, 1.54) is 11.8 Å². The van der Waals surface area contributed by atoms with Crippen LogP contribution >= 0.6 is 23.1 Å². The molecule has 0 amide bonds. The van der Waals surface area contributed by atoms with Crippen LogP contribution in [0.1, 0.15) is 54.2 Å². The summed E-state index contributed by atoms with van der Waals surface area (Å²) in [6.45, 7) is 9.19. The molecule has 1 fully saturated rings. The van der Waals surface area contributed by atoms with E-state index in [0.29, 0.717) is 23.5 Å². The van der Waals surface area contributed by atoms with E-state index in [9.17, 15) is 4.79 Å². The monoisotopic (exact) mass is 420 g/mol. The zero-order valence-corrected chi connectivity index (χ0v) is 18.2. The Hall–Kier alpha value is -1.71. The van der Waals surface area contributed by atoms with Gasteiger partial charge >= 0.3 is 0 Å². The van der Waals surface area contributed by atoms with Crippen molar-refractivity contribution >= 4 is 33.3 Å². The fourth-order valence-electron chi connectivity index (χ4n) is 3.58. The number of thioether (sulfide) groups is 1. The van der Waals surface area contributed by atoms with Crippen LogP contribution in [-0.4, -0.2) is 32.5 Å². The third kappa shape index (κ3) is 3.62. The first kappa shape index (κ1) is 19.6. The number of aromatic nitrogens is 4. The number of fused-ring (bicyclic) bond motifs is 1. The standard InChI is InChI=1S/C19H24N4O3S2/c1-5-14-10(2)27-17-15(14)18(24)23(9-13-7-6-8-25-13)19(20-17)28-11(3)16-22-21-12(4)26-16/h11,13H,5-9H2,1-4H3. The molecule has 7 nitrogen and oxygen atoms in total. The third-order valence-corrected chi connectivity index (χ3v) is 7.13. The van der Waals surface area contributed by atoms with Crippen LogP contribution in [0, 0.1) is 13.8 Å². The van der Waals surface area contributed by atoms with Gasteiger partial charge in [0.25, 0.3) is 5.56 Å². The van der Waals surface area contributed by atoms with Gasteiger partial charge in [-0.15, -0.1) is 21.5 Å². The Bertz CT molecular complexity index is 1050. The molecule has 0 N–H and O–H groups in total. The molecule has 0 aromatic carbocycles. The van der Waals surface area contributed by atoms with Crippen molar-refractivity contribution in [3.05, 3.63) is 32.6 Å². The molecule has 4 rings (SSSR count). The van der Waals surface area contributed by atoms with E-state index >= 15 is 0 Å². The van der Waals surface area contributed by atoms with Crippen LogP contribution in [0.25, 0.3) is 10.2 Å². The molecule has 2 unspecified atom stereocenters. The second kappa shape index (κ2) is 7.96. The van der Waals surface area contributed by atoms with Crippen LogP contribution < -0.4 is 5.56 Å². The van der Waals surface area contributed by atoms with Gasteiger partial charge in [-0.3, -0.25) is 9.36 Å². The first-order valence-corrected chi connectivity index (χ1v) is 11.3. The lowest BCUT2D eigenvalue weighted by Gasteiger charge is -2.17. The molecule has 150 valence electrons. The van der Waals surface area contributed by atoms with Gasteiger partial charge in [-0.25, -0.2) is 4.98 Å². The number of hydrogen-bond acceptors (Lipinski definition) is 8. The molecule has 3 aromatic heterocycles. The molecular weight excluding hydrogens is 396 g/mol. The summed E-state index contributed by atoms with van der Waals surface area (Å²) in [5.74, 6) is 1.07. The van der Waals surface area contributed by atoms with E-state index in [0.717, 1.165) is 46.5 Å². The molecule has 3 aromatic rings. The predicted octanol–water partition coefficient (Wildman–Crippen LogP) is 4.05. The Morgan fingerprint density at radius 2 is 2.18 bits per heavy atom. The smallest absolute Gasteiger partial charge is 0.263 e. The minimum Gasteiger partial charge on any atom is -0.424 e. The fraction of sp³-hybridized carbons (Fsp3) is 0.579. The van der Waals surface area contributed by atoms with E-state index in [1.54, 1.807) is 22.8 Å².